The molecule has 2 aromatic carbocycles. The molecule has 1 aromatic heterocycles. The number of benzene rings is 2. The summed E-state index contributed by atoms with van der Waals surface area (Å²) >= 11 is 7.72. The van der Waals surface area contributed by atoms with E-state index in [1.165, 1.54) is 17.4 Å². The van der Waals surface area contributed by atoms with Gasteiger partial charge in [0, 0.05) is 48.4 Å². The average molecular weight is 834 g/mol. The van der Waals surface area contributed by atoms with Crippen molar-refractivity contribution in [3.63, 3.8) is 0 Å². The third-order valence-electron chi connectivity index (χ3n) is 9.83. The van der Waals surface area contributed by atoms with Gasteiger partial charge in [-0.1, -0.05) is 29.8 Å². The minimum absolute atomic E-state index is 0.0393. The number of hydrogen-bond acceptors (Lipinski definition) is 12. The molecule has 1 saturated heterocycles. The van der Waals surface area contributed by atoms with Gasteiger partial charge < -0.3 is 30.6 Å². The highest BCUT2D eigenvalue weighted by molar-refractivity contribution is 7.16. The fourth-order valence-electron chi connectivity index (χ4n) is 6.85. The number of amidine groups is 2. The second-order valence-electron chi connectivity index (χ2n) is 13.8. The highest BCUT2D eigenvalue weighted by atomic mass is 35.5. The topological polar surface area (TPSA) is 218 Å². The zero-order valence-corrected chi connectivity index (χ0v) is 34.0. The Morgan fingerprint density at radius 3 is 2.41 bits per heavy atom. The molecule has 0 spiro atoms. The average Bonchev–Trinajstić information content (AvgIpc) is 3.57. The van der Waals surface area contributed by atoms with E-state index in [1.54, 1.807) is 35.8 Å². The minimum Gasteiger partial charge on any atom is -0.490 e. The van der Waals surface area contributed by atoms with Crippen LogP contribution in [0, 0.1) is 19.3 Å². The summed E-state index contributed by atoms with van der Waals surface area (Å²) in [4.78, 5) is 70.2. The molecule has 3 aliphatic rings. The maximum absolute atomic E-state index is 13.2. The number of rotatable bonds is 17. The first-order valence-electron chi connectivity index (χ1n) is 18.9. The van der Waals surface area contributed by atoms with Gasteiger partial charge in [-0.25, -0.2) is 0 Å². The SMILES string of the molecule is C/C(N)=[N+]1/C(=N)C(CC(=O)NCCOCCNCCOCCOc2cccc3c2C(=O)N(C2CCC(=O)NC2=O)C3=O)N=C(c2ccc(Cl)cc2)c2c1sc(C)c2C. The van der Waals surface area contributed by atoms with E-state index in [1.807, 2.05) is 26.0 Å². The summed E-state index contributed by atoms with van der Waals surface area (Å²) in [7, 11) is 0. The summed E-state index contributed by atoms with van der Waals surface area (Å²) in [6.45, 7) is 8.61. The third-order valence-corrected chi connectivity index (χ3v) is 11.3. The van der Waals surface area contributed by atoms with E-state index in [0.717, 1.165) is 31.5 Å². The third kappa shape index (κ3) is 9.34. The molecule has 4 heterocycles. The lowest BCUT2D eigenvalue weighted by atomic mass is 10.00. The molecule has 58 heavy (non-hydrogen) atoms. The number of halogens is 1. The zero-order chi connectivity index (χ0) is 41.5. The molecule has 16 nitrogen and oxygen atoms in total. The number of aliphatic imine (C=N–C) groups is 1. The number of imide groups is 2. The van der Waals surface area contributed by atoms with E-state index >= 15 is 0 Å². The number of nitrogens with one attached hydrogen (secondary N) is 4. The predicted molar refractivity (Wildman–Crippen MR) is 218 cm³/mol. The predicted octanol–water partition coefficient (Wildman–Crippen LogP) is 2.85. The Hall–Kier alpha value is -5.33. The number of thiophene rings is 1. The number of nitrogens with two attached hydrogens (primary N) is 1. The number of carbonyl (C=O) groups excluding carboxylic acids is 5. The Balaban J connectivity index is 0.880. The van der Waals surface area contributed by atoms with Gasteiger partial charge in [0.2, 0.25) is 17.7 Å². The summed E-state index contributed by atoms with van der Waals surface area (Å²) < 4.78 is 18.8. The molecule has 2 atom stereocenters. The summed E-state index contributed by atoms with van der Waals surface area (Å²) in [6, 6.07) is 10.2. The van der Waals surface area contributed by atoms with Crippen LogP contribution in [0.25, 0.3) is 0 Å². The van der Waals surface area contributed by atoms with E-state index < -0.39 is 35.7 Å². The van der Waals surface area contributed by atoms with Crippen LogP contribution in [0.5, 0.6) is 5.75 Å². The van der Waals surface area contributed by atoms with Gasteiger partial charge in [0.05, 0.1) is 55.3 Å². The molecule has 0 bridgehead atoms. The van der Waals surface area contributed by atoms with Gasteiger partial charge in [0.25, 0.3) is 17.6 Å². The van der Waals surface area contributed by atoms with Gasteiger partial charge >= 0.3 is 0 Å². The van der Waals surface area contributed by atoms with Crippen molar-refractivity contribution in [2.24, 2.45) is 10.7 Å². The van der Waals surface area contributed by atoms with Crippen LogP contribution in [0.4, 0.5) is 5.00 Å². The molecule has 2 unspecified atom stereocenters. The second kappa shape index (κ2) is 18.9. The molecule has 0 radical (unpaired) electrons. The standard InChI is InChI=1S/C40H45ClN8O8S/c1-22-23(2)58-40-33(22)35(25-7-9-26(41)10-8-25)46-28(36(43)48(40)24(3)42)21-32(51)45-15-18-55-16-13-44-14-17-56-19-20-57-30-6-4-5-27-34(30)39(54)49(38(27)53)29-11-12-31(50)47-37(29)52/h4-10,28-29,42-44H,11-21H2,1-3H3,(H2,45,47,50,51,52)/p+1. The van der Waals surface area contributed by atoms with Crippen molar-refractivity contribution < 1.29 is 42.8 Å². The van der Waals surface area contributed by atoms with Crippen LogP contribution < -0.4 is 26.4 Å². The van der Waals surface area contributed by atoms with E-state index in [4.69, 9.17) is 41.9 Å². The largest absolute Gasteiger partial charge is 0.490 e. The van der Waals surface area contributed by atoms with Gasteiger partial charge in [0.1, 0.15) is 24.4 Å². The van der Waals surface area contributed by atoms with Crippen molar-refractivity contribution >= 4 is 74.9 Å². The smallest absolute Gasteiger partial charge is 0.266 e. The number of hydrogen-bond donors (Lipinski definition) is 5. The molecule has 6 N–H and O–H groups in total. The molecule has 6 rings (SSSR count). The van der Waals surface area contributed by atoms with E-state index in [2.05, 4.69) is 16.0 Å². The normalized spacial score (nSPS) is 18.7. The Kier molecular flexibility index (Phi) is 13.8. The second-order valence-corrected chi connectivity index (χ2v) is 15.5. The fraction of sp³-hybridized carbons (Fsp3) is 0.400. The van der Waals surface area contributed by atoms with Crippen molar-refractivity contribution in [1.82, 2.24) is 20.9 Å². The van der Waals surface area contributed by atoms with Crippen LogP contribution in [0.15, 0.2) is 47.5 Å². The first kappa shape index (κ1) is 42.3. The quantitative estimate of drug-likeness (QED) is 0.0580. The van der Waals surface area contributed by atoms with E-state index in [9.17, 15) is 24.0 Å². The van der Waals surface area contributed by atoms with Crippen LogP contribution in [-0.4, -0.2) is 121 Å². The van der Waals surface area contributed by atoms with E-state index in [0.29, 0.717) is 49.5 Å². The minimum atomic E-state index is -1.05. The number of carbonyl (C=O) groups is 5. The summed E-state index contributed by atoms with van der Waals surface area (Å²) in [6.07, 6.45) is 0.0633. The van der Waals surface area contributed by atoms with Crippen molar-refractivity contribution in [3.8, 4) is 5.75 Å². The van der Waals surface area contributed by atoms with Gasteiger partial charge in [-0.2, -0.15) is 9.98 Å². The summed E-state index contributed by atoms with van der Waals surface area (Å²) in [5.41, 5.74) is 10.00. The lowest BCUT2D eigenvalue weighted by molar-refractivity contribution is -0.309. The fourth-order valence-corrected chi connectivity index (χ4v) is 8.20. The monoisotopic (exact) mass is 833 g/mol. The van der Waals surface area contributed by atoms with Crippen LogP contribution in [-0.2, 0) is 23.9 Å². The van der Waals surface area contributed by atoms with Crippen LogP contribution in [0.1, 0.15) is 68.5 Å². The number of piperidine rings is 1. The molecule has 0 aliphatic carbocycles. The van der Waals surface area contributed by atoms with Crippen molar-refractivity contribution in [3.05, 3.63) is 80.2 Å². The number of aryl methyl sites for hydroxylation is 1. The van der Waals surface area contributed by atoms with Crippen LogP contribution in [0.2, 0.25) is 5.02 Å². The molecule has 5 amide bonds. The number of amides is 5. The lowest BCUT2D eigenvalue weighted by Gasteiger charge is -2.27. The first-order valence-corrected chi connectivity index (χ1v) is 20.1. The van der Waals surface area contributed by atoms with Gasteiger partial charge in [-0.3, -0.25) is 39.2 Å². The highest BCUT2D eigenvalue weighted by Gasteiger charge is 2.46. The maximum atomic E-state index is 13.2. The molecule has 3 aromatic rings. The highest BCUT2D eigenvalue weighted by Crippen LogP contribution is 2.39. The molecule has 18 heteroatoms. The molecule has 1 fully saturated rings. The molecular formula is C40H46ClN8O8S+. The van der Waals surface area contributed by atoms with Gasteiger partial charge in [-0.15, -0.1) is 11.3 Å². The van der Waals surface area contributed by atoms with Gasteiger partial charge in [-0.05, 0) is 50.1 Å². The summed E-state index contributed by atoms with van der Waals surface area (Å²) in [5.74, 6) is -1.85. The number of fused-ring (bicyclic) bond motifs is 2. The van der Waals surface area contributed by atoms with Crippen molar-refractivity contribution in [1.29, 1.82) is 5.41 Å². The lowest BCUT2D eigenvalue weighted by Crippen LogP contribution is -2.54. The molecule has 306 valence electrons. The molecule has 0 saturated carbocycles. The van der Waals surface area contributed by atoms with E-state index in [-0.39, 0.29) is 67.6 Å². The van der Waals surface area contributed by atoms with Crippen molar-refractivity contribution in [2.45, 2.75) is 52.1 Å². The molecular weight excluding hydrogens is 788 g/mol. The van der Waals surface area contributed by atoms with Crippen LogP contribution >= 0.6 is 22.9 Å². The van der Waals surface area contributed by atoms with Crippen LogP contribution in [0.3, 0.4) is 0 Å². The Labute approximate surface area is 344 Å². The zero-order valence-electron chi connectivity index (χ0n) is 32.4. The van der Waals surface area contributed by atoms with Gasteiger partial charge in [0.15, 0.2) is 10.8 Å². The summed E-state index contributed by atoms with van der Waals surface area (Å²) in [5, 5.41) is 18.8. The number of nitrogens with zero attached hydrogens (tertiary/aromatic N) is 3. The Bertz CT molecular complexity index is 2180. The maximum Gasteiger partial charge on any atom is 0.266 e. The Morgan fingerprint density at radius 1 is 1.00 bits per heavy atom. The van der Waals surface area contributed by atoms with Crippen molar-refractivity contribution in [2.75, 3.05) is 52.7 Å². The molecule has 3 aliphatic heterocycles. The Morgan fingerprint density at radius 2 is 1.71 bits per heavy atom. The number of ether oxygens (including phenoxy) is 3. The first-order chi connectivity index (χ1) is 27.9.